The molecule has 7 nitrogen and oxygen atoms in total. The third-order valence-corrected chi connectivity index (χ3v) is 3.72. The number of esters is 1. The number of carbonyl (C=O) groups is 1. The highest BCUT2D eigenvalue weighted by Gasteiger charge is 2.44. The average molecular weight is 313 g/mol. The topological polar surface area (TPSA) is 99.5 Å². The number of rotatable bonds is 6. The van der Waals surface area contributed by atoms with Gasteiger partial charge in [-0.1, -0.05) is 19.4 Å². The average Bonchev–Trinajstić information content (AvgIpc) is 2.83. The number of aliphatic hydroxyl groups excluding tert-OH is 3. The van der Waals surface area contributed by atoms with E-state index in [4.69, 9.17) is 14.6 Å². The van der Waals surface area contributed by atoms with Crippen molar-refractivity contribution < 1.29 is 29.6 Å². The third-order valence-electron chi connectivity index (χ3n) is 3.72. The van der Waals surface area contributed by atoms with Gasteiger partial charge < -0.3 is 29.7 Å². The van der Waals surface area contributed by atoms with Crippen LogP contribution in [-0.4, -0.2) is 63.9 Å². The summed E-state index contributed by atoms with van der Waals surface area (Å²) in [6.07, 6.45) is 3.14. The van der Waals surface area contributed by atoms with E-state index in [1.54, 1.807) is 18.5 Å². The molecule has 7 heteroatoms. The van der Waals surface area contributed by atoms with Crippen molar-refractivity contribution in [1.29, 1.82) is 0 Å². The highest BCUT2D eigenvalue weighted by atomic mass is 16.6. The van der Waals surface area contributed by atoms with Crippen LogP contribution in [0.15, 0.2) is 24.0 Å². The van der Waals surface area contributed by atoms with E-state index in [0.29, 0.717) is 18.6 Å². The fourth-order valence-corrected chi connectivity index (χ4v) is 2.40. The Labute approximate surface area is 129 Å². The van der Waals surface area contributed by atoms with Gasteiger partial charge in [0.1, 0.15) is 18.3 Å². The molecule has 2 rings (SSSR count). The lowest BCUT2D eigenvalue weighted by Crippen LogP contribution is -2.40. The lowest BCUT2D eigenvalue weighted by atomic mass is 10.1. The molecule has 22 heavy (non-hydrogen) atoms. The van der Waals surface area contributed by atoms with Crippen molar-refractivity contribution >= 4 is 5.97 Å². The molecule has 0 amide bonds. The van der Waals surface area contributed by atoms with Crippen molar-refractivity contribution in [2.45, 2.75) is 50.7 Å². The number of unbranched alkanes of at least 4 members (excludes halogenated alkanes) is 1. The molecule has 0 bridgehead atoms. The number of aliphatic hydroxyl groups is 3. The normalized spacial score (nSPS) is 31.3. The Morgan fingerprint density at radius 1 is 1.45 bits per heavy atom. The molecule has 1 saturated heterocycles. The summed E-state index contributed by atoms with van der Waals surface area (Å²) in [4.78, 5) is 13.5. The first-order chi connectivity index (χ1) is 10.6. The fraction of sp³-hybridized carbons (Fsp3) is 0.667. The van der Waals surface area contributed by atoms with Gasteiger partial charge in [0.25, 0.3) is 0 Å². The molecule has 2 aliphatic heterocycles. The summed E-state index contributed by atoms with van der Waals surface area (Å²) < 4.78 is 10.6. The van der Waals surface area contributed by atoms with Gasteiger partial charge in [-0.2, -0.15) is 0 Å². The zero-order valence-electron chi connectivity index (χ0n) is 12.6. The fourth-order valence-electron chi connectivity index (χ4n) is 2.40. The van der Waals surface area contributed by atoms with E-state index >= 15 is 0 Å². The van der Waals surface area contributed by atoms with Gasteiger partial charge >= 0.3 is 5.97 Å². The summed E-state index contributed by atoms with van der Waals surface area (Å²) in [6.45, 7) is 2.01. The second-order valence-electron chi connectivity index (χ2n) is 5.41. The molecule has 0 saturated carbocycles. The standard InChI is InChI=1S/C15H23NO6/c1-2-3-7-21-15(20)10-5-4-6-16(8-10)14-13(19)12(18)11(9-17)22-14/h4,6,8,11-14,17-19H,2-3,5,7,9H2,1H3/t11-,12+,13+,14-/m1/s1. The van der Waals surface area contributed by atoms with Crippen LogP contribution in [0.2, 0.25) is 0 Å². The minimum atomic E-state index is -1.17. The van der Waals surface area contributed by atoms with Gasteiger partial charge in [0.05, 0.1) is 18.8 Å². The molecule has 4 atom stereocenters. The smallest absolute Gasteiger partial charge is 0.335 e. The summed E-state index contributed by atoms with van der Waals surface area (Å²) in [6, 6.07) is 0. The molecule has 1 fully saturated rings. The first-order valence-electron chi connectivity index (χ1n) is 7.52. The summed E-state index contributed by atoms with van der Waals surface area (Å²) in [7, 11) is 0. The van der Waals surface area contributed by atoms with Crippen LogP contribution in [0.1, 0.15) is 26.2 Å². The zero-order chi connectivity index (χ0) is 16.1. The number of hydrogen-bond donors (Lipinski definition) is 3. The van der Waals surface area contributed by atoms with Crippen molar-refractivity contribution in [2.24, 2.45) is 0 Å². The Hall–Kier alpha value is -1.41. The van der Waals surface area contributed by atoms with Gasteiger partial charge in [-0.15, -0.1) is 0 Å². The Morgan fingerprint density at radius 2 is 2.23 bits per heavy atom. The summed E-state index contributed by atoms with van der Waals surface area (Å²) in [5, 5.41) is 28.9. The van der Waals surface area contributed by atoms with E-state index in [-0.39, 0.29) is 6.61 Å². The predicted molar refractivity (Wildman–Crippen MR) is 77.3 cm³/mol. The molecule has 0 spiro atoms. The molecule has 0 aromatic rings. The highest BCUT2D eigenvalue weighted by Crippen LogP contribution is 2.27. The summed E-state index contributed by atoms with van der Waals surface area (Å²) >= 11 is 0. The highest BCUT2D eigenvalue weighted by molar-refractivity contribution is 5.88. The van der Waals surface area contributed by atoms with E-state index in [9.17, 15) is 15.0 Å². The molecule has 0 radical (unpaired) electrons. The molecule has 3 N–H and O–H groups in total. The maximum atomic E-state index is 12.0. The third kappa shape index (κ3) is 3.67. The number of ether oxygens (including phenoxy) is 2. The van der Waals surface area contributed by atoms with Crippen molar-refractivity contribution in [2.75, 3.05) is 13.2 Å². The first-order valence-corrected chi connectivity index (χ1v) is 7.52. The monoisotopic (exact) mass is 313 g/mol. The second-order valence-corrected chi connectivity index (χ2v) is 5.41. The largest absolute Gasteiger partial charge is 0.462 e. The van der Waals surface area contributed by atoms with Gasteiger partial charge in [0.2, 0.25) is 0 Å². The molecule has 0 aromatic carbocycles. The molecule has 0 unspecified atom stereocenters. The van der Waals surface area contributed by atoms with Crippen molar-refractivity contribution in [3.8, 4) is 0 Å². The molecule has 0 aromatic heterocycles. The van der Waals surface area contributed by atoms with Gasteiger partial charge in [-0.05, 0) is 6.42 Å². The van der Waals surface area contributed by atoms with Gasteiger partial charge in [-0.3, -0.25) is 0 Å². The molecule has 2 aliphatic rings. The summed E-state index contributed by atoms with van der Waals surface area (Å²) in [5.41, 5.74) is 0.455. The van der Waals surface area contributed by atoms with Crippen LogP contribution in [0.3, 0.4) is 0 Å². The number of hydrogen-bond acceptors (Lipinski definition) is 7. The van der Waals surface area contributed by atoms with Crippen LogP contribution in [0.25, 0.3) is 0 Å². The number of carbonyl (C=O) groups excluding carboxylic acids is 1. The molecular weight excluding hydrogens is 290 g/mol. The van der Waals surface area contributed by atoms with Crippen molar-refractivity contribution in [3.05, 3.63) is 24.0 Å². The quantitative estimate of drug-likeness (QED) is 0.464. The first kappa shape index (κ1) is 17.0. The maximum Gasteiger partial charge on any atom is 0.335 e. The Kier molecular flexibility index (Phi) is 5.96. The van der Waals surface area contributed by atoms with E-state index in [0.717, 1.165) is 12.8 Å². The SMILES string of the molecule is CCCCOC(=O)C1=CN([C@@H]2O[C@H](CO)[C@H](O)[C@@H]2O)C=CC1. The number of nitrogens with zero attached hydrogens (tertiary/aromatic N) is 1. The van der Waals surface area contributed by atoms with Crippen LogP contribution in [0.4, 0.5) is 0 Å². The van der Waals surface area contributed by atoms with Gasteiger partial charge in [0.15, 0.2) is 6.23 Å². The second kappa shape index (κ2) is 7.73. The van der Waals surface area contributed by atoms with Crippen LogP contribution in [-0.2, 0) is 14.3 Å². The molecule has 2 heterocycles. The number of allylic oxidation sites excluding steroid dienone is 1. The lowest BCUT2D eigenvalue weighted by Gasteiger charge is -2.28. The van der Waals surface area contributed by atoms with Crippen LogP contribution >= 0.6 is 0 Å². The van der Waals surface area contributed by atoms with Crippen molar-refractivity contribution in [3.63, 3.8) is 0 Å². The predicted octanol–water partition coefficient (Wildman–Crippen LogP) is -0.128. The van der Waals surface area contributed by atoms with E-state index in [1.165, 1.54) is 4.90 Å². The van der Waals surface area contributed by atoms with Crippen molar-refractivity contribution in [1.82, 2.24) is 4.90 Å². The minimum Gasteiger partial charge on any atom is -0.462 e. The Balaban J connectivity index is 2.01. The van der Waals surface area contributed by atoms with Crippen LogP contribution in [0.5, 0.6) is 0 Å². The maximum absolute atomic E-state index is 12.0. The lowest BCUT2D eigenvalue weighted by molar-refractivity contribution is -0.139. The Bertz CT molecular complexity index is 449. The van der Waals surface area contributed by atoms with E-state index < -0.39 is 30.5 Å². The zero-order valence-corrected chi connectivity index (χ0v) is 12.6. The molecule has 124 valence electrons. The van der Waals surface area contributed by atoms with E-state index in [2.05, 4.69) is 0 Å². The van der Waals surface area contributed by atoms with E-state index in [1.807, 2.05) is 6.92 Å². The van der Waals surface area contributed by atoms with Crippen LogP contribution < -0.4 is 0 Å². The molecular formula is C15H23NO6. The van der Waals surface area contributed by atoms with Gasteiger partial charge in [-0.25, -0.2) is 4.79 Å². The van der Waals surface area contributed by atoms with Crippen LogP contribution in [0, 0.1) is 0 Å². The van der Waals surface area contributed by atoms with Gasteiger partial charge in [0, 0.05) is 18.8 Å². The minimum absolute atomic E-state index is 0.379. The Morgan fingerprint density at radius 3 is 2.86 bits per heavy atom. The summed E-state index contributed by atoms with van der Waals surface area (Å²) in [5.74, 6) is -0.394. The molecule has 0 aliphatic carbocycles.